The Hall–Kier alpha value is -3.51. The first-order valence-corrected chi connectivity index (χ1v) is 14.7. The molecule has 5 nitrogen and oxygen atoms in total. The Morgan fingerprint density at radius 2 is 1.84 bits per heavy atom. The van der Waals surface area contributed by atoms with Crippen molar-refractivity contribution in [3.63, 3.8) is 0 Å². The summed E-state index contributed by atoms with van der Waals surface area (Å²) in [6.07, 6.45) is 6.37. The Balaban J connectivity index is 1.54. The van der Waals surface area contributed by atoms with Gasteiger partial charge in [-0.2, -0.15) is 0 Å². The lowest BCUT2D eigenvalue weighted by atomic mass is 10.0. The number of para-hydroxylation sites is 1. The fraction of sp³-hybridized carbons (Fsp3) is 0.312. The fourth-order valence-electron chi connectivity index (χ4n) is 5.01. The molecule has 0 bridgehead atoms. The zero-order chi connectivity index (χ0) is 26.3. The number of hydrogen-bond acceptors (Lipinski definition) is 3. The third-order valence-corrected chi connectivity index (χ3v) is 8.11. The van der Waals surface area contributed by atoms with Crippen molar-refractivity contribution in [1.82, 2.24) is 19.9 Å². The van der Waals surface area contributed by atoms with Crippen LogP contribution in [-0.4, -0.2) is 26.2 Å². The summed E-state index contributed by atoms with van der Waals surface area (Å²) >= 11 is 1.87. The normalized spacial score (nSPS) is 12.3. The number of aromatic nitrogens is 3. The molecule has 2 heterocycles. The number of imidazole rings is 1. The Labute approximate surface area is 229 Å². The summed E-state index contributed by atoms with van der Waals surface area (Å²) in [6.45, 7) is 5.29. The summed E-state index contributed by atoms with van der Waals surface area (Å²) in [5.74, 6) is 2.03. The molecule has 6 heteroatoms. The highest BCUT2D eigenvalue weighted by Crippen LogP contribution is 2.30. The van der Waals surface area contributed by atoms with Crippen LogP contribution in [0, 0.1) is 0 Å². The van der Waals surface area contributed by atoms with E-state index in [2.05, 4.69) is 71.3 Å². The zero-order valence-corrected chi connectivity index (χ0v) is 23.1. The van der Waals surface area contributed by atoms with E-state index in [1.54, 1.807) is 0 Å². The largest absolute Gasteiger partial charge is 0.361 e. The van der Waals surface area contributed by atoms with Crippen LogP contribution in [-0.2, 0) is 24.2 Å². The van der Waals surface area contributed by atoms with Gasteiger partial charge in [0.2, 0.25) is 5.91 Å². The predicted octanol–water partition coefficient (Wildman–Crippen LogP) is 7.46. The number of benzene rings is 3. The monoisotopic (exact) mass is 524 g/mol. The highest BCUT2D eigenvalue weighted by molar-refractivity contribution is 7.99. The van der Waals surface area contributed by atoms with Gasteiger partial charge in [-0.1, -0.05) is 68.8 Å². The Morgan fingerprint density at radius 3 is 2.66 bits per heavy atom. The van der Waals surface area contributed by atoms with E-state index in [4.69, 9.17) is 4.98 Å². The molecular weight excluding hydrogens is 488 g/mol. The number of hydrogen-bond donors (Lipinski definition) is 2. The second kappa shape index (κ2) is 12.4. The van der Waals surface area contributed by atoms with Crippen molar-refractivity contribution < 1.29 is 4.79 Å². The number of rotatable bonds is 12. The average molecular weight is 525 g/mol. The highest BCUT2D eigenvalue weighted by atomic mass is 32.2. The molecule has 5 rings (SSSR count). The molecule has 1 atom stereocenters. The minimum Gasteiger partial charge on any atom is -0.361 e. The van der Waals surface area contributed by atoms with Gasteiger partial charge in [-0.05, 0) is 54.0 Å². The predicted molar refractivity (Wildman–Crippen MR) is 159 cm³/mol. The third-order valence-electron chi connectivity index (χ3n) is 6.91. The first-order chi connectivity index (χ1) is 18.7. The van der Waals surface area contributed by atoms with E-state index in [1.807, 2.05) is 48.2 Å². The molecule has 0 aliphatic rings. The van der Waals surface area contributed by atoms with Crippen LogP contribution in [0.5, 0.6) is 0 Å². The van der Waals surface area contributed by atoms with Crippen molar-refractivity contribution in [2.24, 2.45) is 0 Å². The van der Waals surface area contributed by atoms with E-state index in [0.717, 1.165) is 59.5 Å². The summed E-state index contributed by atoms with van der Waals surface area (Å²) in [6, 6.07) is 24.6. The number of aromatic amines is 1. The van der Waals surface area contributed by atoms with Crippen LogP contribution < -0.4 is 5.32 Å². The van der Waals surface area contributed by atoms with E-state index in [0.29, 0.717) is 12.8 Å². The summed E-state index contributed by atoms with van der Waals surface area (Å²) in [4.78, 5) is 23.2. The summed E-state index contributed by atoms with van der Waals surface area (Å²) in [5.41, 5.74) is 5.43. The minimum absolute atomic E-state index is 0.00864. The van der Waals surface area contributed by atoms with Crippen LogP contribution in [0.25, 0.3) is 21.9 Å². The molecule has 1 unspecified atom stereocenters. The van der Waals surface area contributed by atoms with E-state index < -0.39 is 0 Å². The number of unbranched alkanes of at least 4 members (excludes halogenated alkanes) is 1. The maximum atomic E-state index is 13.3. The maximum Gasteiger partial charge on any atom is 0.225 e. The van der Waals surface area contributed by atoms with Gasteiger partial charge in [0.1, 0.15) is 5.82 Å². The SMILES string of the molecule is CCCCn1c(C(Cc2c[nH]c3ccccc23)NC(=O)Cc2ccccc2)nc2cc(SCCC)ccc21. The van der Waals surface area contributed by atoms with E-state index in [1.165, 1.54) is 15.8 Å². The topological polar surface area (TPSA) is 62.7 Å². The molecule has 2 aromatic heterocycles. The van der Waals surface area contributed by atoms with Crippen LogP contribution in [0.3, 0.4) is 0 Å². The Kier molecular flexibility index (Phi) is 8.49. The van der Waals surface area contributed by atoms with Gasteiger partial charge >= 0.3 is 0 Å². The third kappa shape index (κ3) is 5.97. The standard InChI is InChI=1S/C32H36N4OS/c1-3-5-17-36-30-16-15-25(38-18-4-2)21-28(30)35-32(36)29(34-31(37)19-23-11-7-6-8-12-23)20-24-22-33-27-14-10-9-13-26(24)27/h6-16,21-22,29,33H,3-5,17-20H2,1-2H3,(H,34,37). The molecule has 0 fully saturated rings. The lowest BCUT2D eigenvalue weighted by Gasteiger charge is -2.20. The maximum absolute atomic E-state index is 13.3. The zero-order valence-electron chi connectivity index (χ0n) is 22.2. The van der Waals surface area contributed by atoms with Crippen LogP contribution in [0.2, 0.25) is 0 Å². The van der Waals surface area contributed by atoms with Crippen molar-refractivity contribution >= 4 is 39.6 Å². The van der Waals surface area contributed by atoms with Gasteiger partial charge < -0.3 is 14.9 Å². The van der Waals surface area contributed by atoms with E-state index in [-0.39, 0.29) is 11.9 Å². The van der Waals surface area contributed by atoms with Gasteiger partial charge in [-0.15, -0.1) is 11.8 Å². The van der Waals surface area contributed by atoms with Crippen LogP contribution in [0.15, 0.2) is 83.9 Å². The molecule has 3 aromatic carbocycles. The number of thioether (sulfide) groups is 1. The molecule has 38 heavy (non-hydrogen) atoms. The number of nitrogens with zero attached hydrogens (tertiary/aromatic N) is 2. The summed E-state index contributed by atoms with van der Waals surface area (Å²) in [7, 11) is 0. The number of H-pyrrole nitrogens is 1. The Morgan fingerprint density at radius 1 is 1.03 bits per heavy atom. The number of carbonyl (C=O) groups is 1. The molecule has 1 amide bonds. The Bertz CT molecular complexity index is 1500. The second-order valence-electron chi connectivity index (χ2n) is 9.82. The van der Waals surface area contributed by atoms with Crippen LogP contribution in [0.4, 0.5) is 0 Å². The van der Waals surface area contributed by atoms with Crippen molar-refractivity contribution in [2.45, 2.75) is 63.4 Å². The van der Waals surface area contributed by atoms with Crippen LogP contribution >= 0.6 is 11.8 Å². The first kappa shape index (κ1) is 26.1. The second-order valence-corrected chi connectivity index (χ2v) is 11.0. The molecular formula is C32H36N4OS. The van der Waals surface area contributed by atoms with Gasteiger partial charge in [0.25, 0.3) is 0 Å². The fourth-order valence-corrected chi connectivity index (χ4v) is 5.81. The van der Waals surface area contributed by atoms with Gasteiger partial charge in [-0.3, -0.25) is 4.79 Å². The van der Waals surface area contributed by atoms with Gasteiger partial charge in [0, 0.05) is 35.0 Å². The molecule has 196 valence electrons. The molecule has 0 spiro atoms. The van der Waals surface area contributed by atoms with Crippen molar-refractivity contribution in [3.05, 3.63) is 95.9 Å². The quantitative estimate of drug-likeness (QED) is 0.167. The first-order valence-electron chi connectivity index (χ1n) is 13.7. The molecule has 5 aromatic rings. The minimum atomic E-state index is -0.249. The molecule has 2 N–H and O–H groups in total. The lowest BCUT2D eigenvalue weighted by Crippen LogP contribution is -2.33. The van der Waals surface area contributed by atoms with Crippen molar-refractivity contribution in [1.29, 1.82) is 0 Å². The lowest BCUT2D eigenvalue weighted by molar-refractivity contribution is -0.121. The summed E-state index contributed by atoms with van der Waals surface area (Å²) < 4.78 is 2.33. The average Bonchev–Trinajstić information content (AvgIpc) is 3.51. The van der Waals surface area contributed by atoms with Crippen LogP contribution in [0.1, 0.15) is 56.1 Å². The molecule has 0 saturated heterocycles. The highest BCUT2D eigenvalue weighted by Gasteiger charge is 2.24. The van der Waals surface area contributed by atoms with E-state index >= 15 is 0 Å². The van der Waals surface area contributed by atoms with Gasteiger partial charge in [0.15, 0.2) is 0 Å². The molecule has 0 saturated carbocycles. The van der Waals surface area contributed by atoms with Crippen molar-refractivity contribution in [2.75, 3.05) is 5.75 Å². The molecule has 0 radical (unpaired) electrons. The smallest absolute Gasteiger partial charge is 0.225 e. The number of amides is 1. The number of nitrogens with one attached hydrogen (secondary N) is 2. The summed E-state index contributed by atoms with van der Waals surface area (Å²) in [5, 5.41) is 4.55. The molecule has 0 aliphatic heterocycles. The number of aryl methyl sites for hydroxylation is 1. The molecule has 0 aliphatic carbocycles. The van der Waals surface area contributed by atoms with Gasteiger partial charge in [0.05, 0.1) is 23.5 Å². The van der Waals surface area contributed by atoms with Gasteiger partial charge in [-0.25, -0.2) is 4.98 Å². The number of carbonyl (C=O) groups excluding carboxylic acids is 1. The number of fused-ring (bicyclic) bond motifs is 2. The van der Waals surface area contributed by atoms with Crippen molar-refractivity contribution in [3.8, 4) is 0 Å². The van der Waals surface area contributed by atoms with E-state index in [9.17, 15) is 4.79 Å².